The van der Waals surface area contributed by atoms with Crippen molar-refractivity contribution < 1.29 is 13.6 Å². The topological polar surface area (TPSA) is 35.5 Å². The SMILES string of the molecule is C[Si](C)Oc1c(C(=O)O[Si](C)(C)C(C)(C)C)cccc1C(C)(C)C. The first-order chi connectivity index (χ1) is 10.7. The fourth-order valence-corrected chi connectivity index (χ4v) is 3.55. The summed E-state index contributed by atoms with van der Waals surface area (Å²) in [5, 5.41) is -0.0181. The molecule has 0 bridgehead atoms. The molecule has 0 aliphatic rings. The molecule has 0 saturated carbocycles. The van der Waals surface area contributed by atoms with Crippen LogP contribution in [0.15, 0.2) is 18.2 Å². The van der Waals surface area contributed by atoms with Crippen LogP contribution in [-0.2, 0) is 9.84 Å². The summed E-state index contributed by atoms with van der Waals surface area (Å²) < 4.78 is 12.2. The lowest BCUT2D eigenvalue weighted by molar-refractivity contribution is 0.0710. The van der Waals surface area contributed by atoms with Crippen LogP contribution in [0.25, 0.3) is 0 Å². The molecule has 5 heteroatoms. The second kappa shape index (κ2) is 7.04. The molecule has 0 heterocycles. The van der Waals surface area contributed by atoms with Crippen molar-refractivity contribution in [2.75, 3.05) is 0 Å². The third-order valence-electron chi connectivity index (χ3n) is 4.50. The Labute approximate surface area is 150 Å². The maximum atomic E-state index is 12.9. The molecule has 0 amide bonds. The van der Waals surface area contributed by atoms with Gasteiger partial charge in [0.1, 0.15) is 5.75 Å². The highest BCUT2D eigenvalue weighted by molar-refractivity contribution is 6.75. The van der Waals surface area contributed by atoms with Crippen LogP contribution in [0.4, 0.5) is 0 Å². The van der Waals surface area contributed by atoms with Crippen LogP contribution in [0.3, 0.4) is 0 Å². The van der Waals surface area contributed by atoms with Crippen LogP contribution in [0.5, 0.6) is 5.75 Å². The predicted octanol–water partition coefficient (Wildman–Crippen LogP) is 5.78. The quantitative estimate of drug-likeness (QED) is 0.635. The molecule has 0 aliphatic heterocycles. The Hall–Kier alpha value is -1.08. The molecule has 0 spiro atoms. The zero-order chi connectivity index (χ0) is 18.9. The van der Waals surface area contributed by atoms with E-state index >= 15 is 0 Å². The van der Waals surface area contributed by atoms with Gasteiger partial charge in [-0.15, -0.1) is 0 Å². The average Bonchev–Trinajstić information content (AvgIpc) is 2.34. The van der Waals surface area contributed by atoms with Gasteiger partial charge in [-0.1, -0.05) is 53.7 Å². The van der Waals surface area contributed by atoms with Crippen molar-refractivity contribution in [3.8, 4) is 5.75 Å². The van der Waals surface area contributed by atoms with Gasteiger partial charge in [0.2, 0.25) is 0 Å². The van der Waals surface area contributed by atoms with E-state index in [2.05, 4.69) is 67.7 Å². The average molecular weight is 366 g/mol. The first-order valence-electron chi connectivity index (χ1n) is 8.51. The second-order valence-corrected chi connectivity index (χ2v) is 15.8. The van der Waals surface area contributed by atoms with Crippen molar-refractivity contribution in [3.05, 3.63) is 29.3 Å². The number of hydrogen-bond donors (Lipinski definition) is 0. The van der Waals surface area contributed by atoms with Crippen molar-refractivity contribution in [2.24, 2.45) is 0 Å². The predicted molar refractivity (Wildman–Crippen MR) is 106 cm³/mol. The minimum absolute atomic E-state index is 0.0181. The maximum absolute atomic E-state index is 12.9. The third-order valence-corrected chi connectivity index (χ3v) is 9.42. The molecule has 1 radical (unpaired) electrons. The summed E-state index contributed by atoms with van der Waals surface area (Å²) in [7, 11) is -3.16. The van der Waals surface area contributed by atoms with E-state index in [4.69, 9.17) is 8.85 Å². The van der Waals surface area contributed by atoms with Crippen LogP contribution in [0.1, 0.15) is 57.5 Å². The van der Waals surface area contributed by atoms with Crippen LogP contribution in [0.2, 0.25) is 31.2 Å². The number of hydrogen-bond acceptors (Lipinski definition) is 3. The zero-order valence-electron chi connectivity index (χ0n) is 17.0. The molecule has 0 N–H and O–H groups in total. The normalized spacial score (nSPS) is 13.1. The summed E-state index contributed by atoms with van der Waals surface area (Å²) in [6.45, 7) is 21.1. The van der Waals surface area contributed by atoms with Gasteiger partial charge in [-0.25, -0.2) is 4.79 Å². The highest BCUT2D eigenvalue weighted by Gasteiger charge is 2.41. The van der Waals surface area contributed by atoms with Crippen molar-refractivity contribution in [3.63, 3.8) is 0 Å². The Morgan fingerprint density at radius 2 is 1.58 bits per heavy atom. The lowest BCUT2D eigenvalue weighted by Crippen LogP contribution is -2.42. The summed E-state index contributed by atoms with van der Waals surface area (Å²) in [6, 6.07) is 5.79. The molecular weight excluding hydrogens is 332 g/mol. The first kappa shape index (κ1) is 21.0. The molecule has 1 aromatic rings. The summed E-state index contributed by atoms with van der Waals surface area (Å²) in [5.74, 6) is 0.443. The molecule has 0 fully saturated rings. The highest BCUT2D eigenvalue weighted by Crippen LogP contribution is 2.39. The van der Waals surface area contributed by atoms with E-state index in [1.54, 1.807) is 0 Å². The molecular formula is C19H33O3Si2. The van der Waals surface area contributed by atoms with Gasteiger partial charge in [0.15, 0.2) is 0 Å². The Balaban J connectivity index is 3.35. The van der Waals surface area contributed by atoms with E-state index in [0.29, 0.717) is 11.3 Å². The van der Waals surface area contributed by atoms with Gasteiger partial charge in [-0.2, -0.15) is 0 Å². The first-order valence-corrected chi connectivity index (χ1v) is 13.8. The summed E-state index contributed by atoms with van der Waals surface area (Å²) >= 11 is 0. The molecule has 24 heavy (non-hydrogen) atoms. The van der Waals surface area contributed by atoms with E-state index < -0.39 is 17.4 Å². The molecule has 0 aromatic heterocycles. The van der Waals surface area contributed by atoms with Crippen molar-refractivity contribution >= 4 is 23.3 Å². The van der Waals surface area contributed by atoms with E-state index in [1.807, 2.05) is 18.2 Å². The van der Waals surface area contributed by atoms with Gasteiger partial charge >= 0.3 is 5.97 Å². The summed E-state index contributed by atoms with van der Waals surface area (Å²) in [6.07, 6.45) is 0. The smallest absolute Gasteiger partial charge is 0.328 e. The van der Waals surface area contributed by atoms with E-state index in [0.717, 1.165) is 5.56 Å². The molecule has 0 unspecified atom stereocenters. The van der Waals surface area contributed by atoms with Gasteiger partial charge in [-0.05, 0) is 48.3 Å². The van der Waals surface area contributed by atoms with Gasteiger partial charge in [-0.3, -0.25) is 0 Å². The molecule has 3 nitrogen and oxygen atoms in total. The molecule has 0 atom stereocenters. The number of rotatable bonds is 4. The molecule has 135 valence electrons. The molecule has 0 aliphatic carbocycles. The van der Waals surface area contributed by atoms with Crippen molar-refractivity contribution in [2.45, 2.75) is 78.2 Å². The summed E-state index contributed by atoms with van der Waals surface area (Å²) in [5.41, 5.74) is 1.51. The van der Waals surface area contributed by atoms with Crippen molar-refractivity contribution in [1.29, 1.82) is 0 Å². The van der Waals surface area contributed by atoms with Gasteiger partial charge < -0.3 is 8.85 Å². The highest BCUT2D eigenvalue weighted by atomic mass is 28.4. The summed E-state index contributed by atoms with van der Waals surface area (Å²) in [4.78, 5) is 12.9. The van der Waals surface area contributed by atoms with Gasteiger partial charge in [0.25, 0.3) is 17.4 Å². The Kier molecular flexibility index (Phi) is 6.15. The van der Waals surface area contributed by atoms with Crippen LogP contribution in [-0.4, -0.2) is 23.3 Å². The number of para-hydroxylation sites is 1. The third kappa shape index (κ3) is 4.96. The van der Waals surface area contributed by atoms with E-state index in [1.165, 1.54) is 0 Å². The molecule has 1 aromatic carbocycles. The van der Waals surface area contributed by atoms with Crippen LogP contribution in [0, 0.1) is 0 Å². The van der Waals surface area contributed by atoms with Crippen molar-refractivity contribution in [1.82, 2.24) is 0 Å². The van der Waals surface area contributed by atoms with E-state index in [9.17, 15) is 4.79 Å². The number of carbonyl (C=O) groups is 1. The fourth-order valence-electron chi connectivity index (χ4n) is 2.04. The lowest BCUT2D eigenvalue weighted by Gasteiger charge is -2.35. The second-order valence-electron chi connectivity index (χ2n) is 9.09. The Bertz CT molecular complexity index is 594. The monoisotopic (exact) mass is 365 g/mol. The van der Waals surface area contributed by atoms with Crippen LogP contribution >= 0.6 is 0 Å². The number of carbonyl (C=O) groups excluding carboxylic acids is 1. The Morgan fingerprint density at radius 1 is 1.04 bits per heavy atom. The van der Waals surface area contributed by atoms with E-state index in [-0.39, 0.29) is 16.4 Å². The largest absolute Gasteiger partial charge is 0.542 e. The number of benzene rings is 1. The minimum Gasteiger partial charge on any atom is -0.542 e. The zero-order valence-corrected chi connectivity index (χ0v) is 19.0. The minimum atomic E-state index is -2.17. The lowest BCUT2D eigenvalue weighted by atomic mass is 9.85. The standard InChI is InChI=1S/C19H33O3Si2/c1-18(2,3)15-13-11-12-14(16(15)21-23(7)8)17(20)22-24(9,10)19(4,5)6/h11-13H,1-10H3. The molecule has 0 saturated heterocycles. The molecule has 1 rings (SSSR count). The maximum Gasteiger partial charge on any atom is 0.328 e. The van der Waals surface area contributed by atoms with Gasteiger partial charge in [0.05, 0.1) is 5.56 Å². The van der Waals surface area contributed by atoms with Crippen LogP contribution < -0.4 is 4.43 Å². The Morgan fingerprint density at radius 3 is 2.00 bits per heavy atom. The fraction of sp³-hybridized carbons (Fsp3) is 0.632. The van der Waals surface area contributed by atoms with Gasteiger partial charge in [0, 0.05) is 0 Å².